The van der Waals surface area contributed by atoms with E-state index in [0.717, 1.165) is 45.0 Å². The molecule has 3 heterocycles. The summed E-state index contributed by atoms with van der Waals surface area (Å²) in [5.74, 6) is 1.21. The van der Waals surface area contributed by atoms with Crippen LogP contribution in [0.4, 0.5) is 5.69 Å². The summed E-state index contributed by atoms with van der Waals surface area (Å²) in [5.41, 5.74) is 5.56. The highest BCUT2D eigenvalue weighted by Gasteiger charge is 2.30. The lowest BCUT2D eigenvalue weighted by molar-refractivity contribution is -0.147. The van der Waals surface area contributed by atoms with Crippen LogP contribution in [0.15, 0.2) is 60.7 Å². The summed E-state index contributed by atoms with van der Waals surface area (Å²) in [7, 11) is 0. The summed E-state index contributed by atoms with van der Waals surface area (Å²) in [6, 6.07) is 20.4. The fraction of sp³-hybridized carbons (Fsp3) is 0.259. The fourth-order valence-electron chi connectivity index (χ4n) is 4.76. The molecule has 0 aliphatic carbocycles. The molecule has 0 radical (unpaired) electrons. The number of ether oxygens (including phenoxy) is 4. The van der Waals surface area contributed by atoms with Crippen LogP contribution in [-0.2, 0) is 9.53 Å². The van der Waals surface area contributed by atoms with E-state index in [1.807, 2.05) is 66.1 Å². The number of hydrogen-bond donors (Lipinski definition) is 1. The van der Waals surface area contributed by atoms with Crippen LogP contribution in [0.5, 0.6) is 17.5 Å². The van der Waals surface area contributed by atoms with E-state index in [-0.39, 0.29) is 18.1 Å². The molecular weight excluding hydrogens is 446 g/mol. The predicted molar refractivity (Wildman–Crippen MR) is 131 cm³/mol. The molecule has 178 valence electrons. The van der Waals surface area contributed by atoms with E-state index in [9.17, 15) is 4.79 Å². The molecule has 6 rings (SSSR count). The van der Waals surface area contributed by atoms with Crippen molar-refractivity contribution in [2.75, 3.05) is 25.1 Å². The minimum absolute atomic E-state index is 0.0426. The van der Waals surface area contributed by atoms with Crippen LogP contribution in [0.2, 0.25) is 0 Å². The minimum Gasteiger partial charge on any atom is -0.489 e. The molecule has 4 aromatic rings. The van der Waals surface area contributed by atoms with E-state index in [1.54, 1.807) is 0 Å². The van der Waals surface area contributed by atoms with Crippen molar-refractivity contribution in [3.05, 3.63) is 71.8 Å². The highest BCUT2D eigenvalue weighted by atomic mass is 16.6. The van der Waals surface area contributed by atoms with E-state index in [0.29, 0.717) is 25.8 Å². The number of carbonyl (C=O) groups excluding carboxylic acids is 1. The number of esters is 1. The predicted octanol–water partition coefficient (Wildman–Crippen LogP) is 4.97. The SMILES string of the molecule is CCOc1nc2ccccc2n1-c1cccc2c1OC[C@H]2Nc1ccc2c(c1)OC[C@H]2OC(C)=O. The van der Waals surface area contributed by atoms with Gasteiger partial charge >= 0.3 is 12.0 Å². The highest BCUT2D eigenvalue weighted by molar-refractivity contribution is 5.80. The number of nitrogens with zero attached hydrogens (tertiary/aromatic N) is 2. The zero-order chi connectivity index (χ0) is 23.9. The molecule has 0 amide bonds. The Labute approximate surface area is 202 Å². The summed E-state index contributed by atoms with van der Waals surface area (Å²) < 4.78 is 25.2. The molecule has 3 aromatic carbocycles. The van der Waals surface area contributed by atoms with Crippen molar-refractivity contribution in [3.8, 4) is 23.2 Å². The quantitative estimate of drug-likeness (QED) is 0.398. The first-order chi connectivity index (χ1) is 17.1. The molecule has 0 saturated heterocycles. The largest absolute Gasteiger partial charge is 0.489 e. The summed E-state index contributed by atoms with van der Waals surface area (Å²) in [5, 5.41) is 3.56. The third kappa shape index (κ3) is 3.71. The molecule has 0 saturated carbocycles. The maximum absolute atomic E-state index is 11.3. The number of imidazole rings is 1. The minimum atomic E-state index is -0.362. The van der Waals surface area contributed by atoms with Crippen molar-refractivity contribution in [1.82, 2.24) is 9.55 Å². The maximum Gasteiger partial charge on any atom is 0.303 e. The van der Waals surface area contributed by atoms with Gasteiger partial charge in [-0.2, -0.15) is 4.98 Å². The number of aromatic nitrogens is 2. The molecule has 2 aliphatic rings. The van der Waals surface area contributed by atoms with E-state index < -0.39 is 0 Å². The molecule has 1 aromatic heterocycles. The summed E-state index contributed by atoms with van der Waals surface area (Å²) in [6.07, 6.45) is -0.362. The zero-order valence-electron chi connectivity index (χ0n) is 19.5. The molecule has 8 heteroatoms. The first-order valence-electron chi connectivity index (χ1n) is 11.7. The smallest absolute Gasteiger partial charge is 0.303 e. The standard InChI is InChI=1S/C27H25N3O5/c1-3-32-27-29-20-8-4-5-9-22(20)30(27)23-10-6-7-18-21(14-34-26(18)23)28-17-11-12-19-24(13-17)33-15-25(19)35-16(2)31/h4-13,21,25,28H,3,14-15H2,1-2H3/t21-,25-/m1/s1. The number of rotatable bonds is 6. The van der Waals surface area contributed by atoms with Crippen molar-refractivity contribution >= 4 is 22.7 Å². The molecule has 35 heavy (non-hydrogen) atoms. The van der Waals surface area contributed by atoms with Gasteiger partial charge < -0.3 is 24.3 Å². The van der Waals surface area contributed by atoms with Gasteiger partial charge in [0.2, 0.25) is 0 Å². The molecular formula is C27H25N3O5. The van der Waals surface area contributed by atoms with Gasteiger partial charge in [-0.25, -0.2) is 0 Å². The molecule has 0 bridgehead atoms. The van der Waals surface area contributed by atoms with Crippen LogP contribution < -0.4 is 19.5 Å². The van der Waals surface area contributed by atoms with Gasteiger partial charge in [0.25, 0.3) is 0 Å². The lowest BCUT2D eigenvalue weighted by Gasteiger charge is -2.15. The van der Waals surface area contributed by atoms with E-state index in [4.69, 9.17) is 18.9 Å². The van der Waals surface area contributed by atoms with Crippen molar-refractivity contribution < 1.29 is 23.7 Å². The molecule has 0 fully saturated rings. The average Bonchev–Trinajstić information content (AvgIpc) is 3.54. The van der Waals surface area contributed by atoms with E-state index >= 15 is 0 Å². The average molecular weight is 472 g/mol. The Morgan fingerprint density at radius 2 is 1.97 bits per heavy atom. The second-order valence-electron chi connectivity index (χ2n) is 8.52. The lowest BCUT2D eigenvalue weighted by atomic mass is 10.1. The summed E-state index contributed by atoms with van der Waals surface area (Å²) >= 11 is 0. The van der Waals surface area contributed by atoms with Crippen molar-refractivity contribution in [3.63, 3.8) is 0 Å². The van der Waals surface area contributed by atoms with Gasteiger partial charge in [0.1, 0.15) is 24.7 Å². The Kier molecular flexibility index (Phi) is 5.21. The van der Waals surface area contributed by atoms with Gasteiger partial charge in [0.05, 0.1) is 29.4 Å². The van der Waals surface area contributed by atoms with Crippen molar-refractivity contribution in [1.29, 1.82) is 0 Å². The number of para-hydroxylation sites is 3. The molecule has 8 nitrogen and oxygen atoms in total. The monoisotopic (exact) mass is 471 g/mol. The van der Waals surface area contributed by atoms with Gasteiger partial charge in [-0.3, -0.25) is 9.36 Å². The van der Waals surface area contributed by atoms with Crippen molar-refractivity contribution in [2.45, 2.75) is 26.0 Å². The number of benzene rings is 3. The van der Waals surface area contributed by atoms with E-state index in [1.165, 1.54) is 6.92 Å². The lowest BCUT2D eigenvalue weighted by Crippen LogP contribution is -2.12. The van der Waals surface area contributed by atoms with Gasteiger partial charge in [-0.05, 0) is 37.3 Å². The second-order valence-corrected chi connectivity index (χ2v) is 8.52. The third-order valence-corrected chi connectivity index (χ3v) is 6.24. The summed E-state index contributed by atoms with van der Waals surface area (Å²) in [6.45, 7) is 4.69. The van der Waals surface area contributed by atoms with Crippen LogP contribution >= 0.6 is 0 Å². The number of hydrogen-bond acceptors (Lipinski definition) is 7. The Morgan fingerprint density at radius 1 is 1.09 bits per heavy atom. The number of carbonyl (C=O) groups is 1. The number of nitrogens with one attached hydrogen (secondary N) is 1. The summed E-state index contributed by atoms with van der Waals surface area (Å²) in [4.78, 5) is 16.0. The van der Waals surface area contributed by atoms with Gasteiger partial charge in [0.15, 0.2) is 6.10 Å². The Hall–Kier alpha value is -4.20. The Morgan fingerprint density at radius 3 is 2.83 bits per heavy atom. The van der Waals surface area contributed by atoms with Crippen molar-refractivity contribution in [2.24, 2.45) is 0 Å². The van der Waals surface area contributed by atoms with Gasteiger partial charge in [-0.15, -0.1) is 0 Å². The Bertz CT molecular complexity index is 1430. The van der Waals surface area contributed by atoms with Crippen LogP contribution in [0.25, 0.3) is 16.7 Å². The molecule has 2 aliphatic heterocycles. The second kappa shape index (κ2) is 8.54. The van der Waals surface area contributed by atoms with Gasteiger partial charge in [0, 0.05) is 29.8 Å². The molecule has 0 spiro atoms. The van der Waals surface area contributed by atoms with Gasteiger partial charge in [-0.1, -0.05) is 24.3 Å². The molecule has 1 N–H and O–H groups in total. The highest BCUT2D eigenvalue weighted by Crippen LogP contribution is 2.43. The fourth-order valence-corrected chi connectivity index (χ4v) is 4.76. The third-order valence-electron chi connectivity index (χ3n) is 6.24. The first kappa shape index (κ1) is 21.3. The number of fused-ring (bicyclic) bond motifs is 3. The first-order valence-corrected chi connectivity index (χ1v) is 11.7. The Balaban J connectivity index is 1.32. The van der Waals surface area contributed by atoms with E-state index in [2.05, 4.69) is 16.4 Å². The molecule has 0 unspecified atom stereocenters. The van der Waals surface area contributed by atoms with Crippen LogP contribution in [0.1, 0.15) is 37.1 Å². The van der Waals surface area contributed by atoms with Crippen LogP contribution in [0.3, 0.4) is 0 Å². The topological polar surface area (TPSA) is 83.8 Å². The normalized spacial score (nSPS) is 17.9. The van der Waals surface area contributed by atoms with Crippen LogP contribution in [-0.4, -0.2) is 35.3 Å². The number of anilines is 1. The van der Waals surface area contributed by atoms with Crippen LogP contribution in [0, 0.1) is 0 Å². The zero-order valence-corrected chi connectivity index (χ0v) is 19.5. The maximum atomic E-state index is 11.3. The molecule has 2 atom stereocenters.